The van der Waals surface area contributed by atoms with Gasteiger partial charge < -0.3 is 38.6 Å². The van der Waals surface area contributed by atoms with E-state index in [1.165, 1.54) is 20.8 Å². The van der Waals surface area contributed by atoms with Gasteiger partial charge in [0.2, 0.25) is 5.79 Å². The maximum absolute atomic E-state index is 14.6. The molecule has 6 aliphatic carbocycles. The molecule has 2 N–H and O–H groups in total. The number of esters is 4. The summed E-state index contributed by atoms with van der Waals surface area (Å²) in [5.41, 5.74) is -5.57. The SMILES string of the molecule is CC(=O)O[C@H]1[C@@H](C)[C@H]2[C@H]([C@@H]3[C@@H](OC(=O)C4CC4)[C@@H]4[C@H]([C@H](C)[C@H]5O[C@]56OC(=O)[C@@](C)(O)[C@]46C)[C@]31C)[C@@H](O)C(=O)[C@H]1C[C@@H]3O[C@@H]3[C@H](OC(C)=O)[C@]21C. The monoisotopic (exact) mass is 700 g/mol. The van der Waals surface area contributed by atoms with E-state index >= 15 is 0 Å². The topological polar surface area (TPSA) is 188 Å². The summed E-state index contributed by atoms with van der Waals surface area (Å²) in [6.07, 6.45) is -3.77. The Kier molecular flexibility index (Phi) is 6.43. The molecule has 0 aromatic rings. The van der Waals surface area contributed by atoms with Crippen LogP contribution in [0.5, 0.6) is 0 Å². The van der Waals surface area contributed by atoms with Gasteiger partial charge in [-0.1, -0.05) is 27.7 Å². The Hall–Kier alpha value is -2.61. The van der Waals surface area contributed by atoms with Gasteiger partial charge in [0, 0.05) is 48.3 Å². The fourth-order valence-electron chi connectivity index (χ4n) is 13.8. The van der Waals surface area contributed by atoms with E-state index in [4.69, 9.17) is 28.4 Å². The number of ketones is 1. The normalized spacial score (nSPS) is 59.2. The summed E-state index contributed by atoms with van der Waals surface area (Å²) in [4.78, 5) is 67.7. The Balaban J connectivity index is 1.29. The van der Waals surface area contributed by atoms with Crippen molar-refractivity contribution in [2.24, 2.45) is 69.5 Å². The van der Waals surface area contributed by atoms with Gasteiger partial charge in [-0.2, -0.15) is 0 Å². The average Bonchev–Trinajstić information content (AvgIpc) is 3.91. The van der Waals surface area contributed by atoms with Crippen molar-refractivity contribution in [1.29, 1.82) is 0 Å². The second kappa shape index (κ2) is 9.68. The summed E-state index contributed by atoms with van der Waals surface area (Å²) in [5.74, 6) is -9.41. The fourth-order valence-corrected chi connectivity index (χ4v) is 13.8. The van der Waals surface area contributed by atoms with E-state index < -0.39 is 130 Å². The van der Waals surface area contributed by atoms with Crippen molar-refractivity contribution in [1.82, 2.24) is 0 Å². The second-order valence-corrected chi connectivity index (χ2v) is 18.0. The molecule has 9 aliphatic rings. The lowest BCUT2D eigenvalue weighted by molar-refractivity contribution is -0.253. The molecule has 0 aromatic carbocycles. The zero-order chi connectivity index (χ0) is 36.0. The molecular weight excluding hydrogens is 652 g/mol. The number of hydrogen-bond donors (Lipinski definition) is 2. The standard InChI is InChI=1S/C37H48O13/c1-12-20-19(25(41)24(40)17-11-18-26(47-18)30(33(17,20)5)46-15(4)39)22-27(48-31(42)16-9-10-16)23-21(34(22,6)28(12)45-14(3)38)13(2)29-37(49-29)35(23,7)36(8,44)32(43)50-37/h12-13,16-23,25-30,41,44H,9-11H2,1-8H3/t12-,13-,17+,18-,19+,20-,21-,22+,23-,25+,26-,27+,28-,29+,30-,33-,34+,35-,36+,37-/m0/s1. The predicted molar refractivity (Wildman–Crippen MR) is 166 cm³/mol. The Morgan fingerprint density at radius 1 is 0.840 bits per heavy atom. The first kappa shape index (κ1) is 33.2. The van der Waals surface area contributed by atoms with E-state index in [2.05, 4.69) is 0 Å². The molecule has 6 saturated carbocycles. The summed E-state index contributed by atoms with van der Waals surface area (Å²) >= 11 is 0. The van der Waals surface area contributed by atoms with E-state index in [9.17, 15) is 34.2 Å². The highest BCUT2D eigenvalue weighted by molar-refractivity contribution is 5.88. The summed E-state index contributed by atoms with van der Waals surface area (Å²) in [7, 11) is 0. The Morgan fingerprint density at radius 2 is 1.48 bits per heavy atom. The molecule has 0 aromatic heterocycles. The molecule has 0 unspecified atom stereocenters. The molecule has 0 amide bonds. The van der Waals surface area contributed by atoms with Crippen molar-refractivity contribution in [2.75, 3.05) is 0 Å². The lowest BCUT2D eigenvalue weighted by Crippen LogP contribution is -2.72. The minimum atomic E-state index is -2.05. The van der Waals surface area contributed by atoms with Gasteiger partial charge in [0.05, 0.1) is 17.4 Å². The Bertz CT molecular complexity index is 1620. The number of ether oxygens (including phenoxy) is 6. The van der Waals surface area contributed by atoms with E-state index in [-0.39, 0.29) is 23.7 Å². The zero-order valence-electron chi connectivity index (χ0n) is 29.7. The van der Waals surface area contributed by atoms with Gasteiger partial charge in [0.25, 0.3) is 0 Å². The maximum atomic E-state index is 14.6. The highest BCUT2D eigenvalue weighted by Crippen LogP contribution is 2.81. The van der Waals surface area contributed by atoms with Crippen molar-refractivity contribution in [3.05, 3.63) is 0 Å². The van der Waals surface area contributed by atoms with Crippen LogP contribution in [-0.4, -0.2) is 94.0 Å². The number of aliphatic hydroxyl groups excluding tert-OH is 1. The Labute approximate surface area is 290 Å². The van der Waals surface area contributed by atoms with Gasteiger partial charge in [-0.3, -0.25) is 19.2 Å². The van der Waals surface area contributed by atoms with Gasteiger partial charge >= 0.3 is 23.9 Å². The molecule has 0 bridgehead atoms. The van der Waals surface area contributed by atoms with Crippen molar-refractivity contribution in [2.45, 2.75) is 129 Å². The first-order valence-corrected chi connectivity index (χ1v) is 18.4. The number of rotatable bonds is 4. The van der Waals surface area contributed by atoms with Crippen LogP contribution in [0.1, 0.15) is 74.7 Å². The van der Waals surface area contributed by atoms with Crippen LogP contribution in [0.25, 0.3) is 0 Å². The number of Topliss-reactive ketones (excluding diaryl/α,β-unsaturated/α-hetero) is 1. The largest absolute Gasteiger partial charge is 0.462 e. The number of aliphatic hydroxyl groups is 2. The van der Waals surface area contributed by atoms with Crippen LogP contribution >= 0.6 is 0 Å². The number of carbonyl (C=O) groups is 5. The maximum Gasteiger partial charge on any atom is 0.341 e. The van der Waals surface area contributed by atoms with Crippen LogP contribution in [0.4, 0.5) is 0 Å². The van der Waals surface area contributed by atoms with Gasteiger partial charge in [-0.15, -0.1) is 0 Å². The lowest BCUT2D eigenvalue weighted by atomic mass is 9.39. The van der Waals surface area contributed by atoms with Gasteiger partial charge in [-0.25, -0.2) is 4.79 Å². The van der Waals surface area contributed by atoms with Gasteiger partial charge in [-0.05, 0) is 56.8 Å². The number of hydrogen-bond acceptors (Lipinski definition) is 13. The second-order valence-electron chi connectivity index (χ2n) is 18.0. The zero-order valence-corrected chi connectivity index (χ0v) is 29.7. The average molecular weight is 701 g/mol. The number of carbonyl (C=O) groups excluding carboxylic acids is 5. The molecule has 9 fully saturated rings. The van der Waals surface area contributed by atoms with Gasteiger partial charge in [0.1, 0.15) is 36.6 Å². The summed E-state index contributed by atoms with van der Waals surface area (Å²) in [5, 5.41) is 24.5. The fraction of sp³-hybridized carbons (Fsp3) is 0.865. The molecule has 50 heavy (non-hydrogen) atoms. The minimum Gasteiger partial charge on any atom is -0.462 e. The molecule has 3 heterocycles. The van der Waals surface area contributed by atoms with Crippen LogP contribution in [0.15, 0.2) is 0 Å². The molecule has 274 valence electrons. The Morgan fingerprint density at radius 3 is 2.10 bits per heavy atom. The highest BCUT2D eigenvalue weighted by atomic mass is 16.8. The third kappa shape index (κ3) is 3.57. The van der Waals surface area contributed by atoms with E-state index in [0.717, 1.165) is 0 Å². The van der Waals surface area contributed by atoms with Crippen molar-refractivity contribution in [3.8, 4) is 0 Å². The molecular formula is C37H48O13. The van der Waals surface area contributed by atoms with Crippen molar-refractivity contribution in [3.63, 3.8) is 0 Å². The number of fused-ring (bicyclic) bond motifs is 9. The van der Waals surface area contributed by atoms with Gasteiger partial charge in [0.15, 0.2) is 11.4 Å². The van der Waals surface area contributed by atoms with Crippen LogP contribution in [0, 0.1) is 69.5 Å². The van der Waals surface area contributed by atoms with Crippen LogP contribution < -0.4 is 0 Å². The molecule has 3 aliphatic heterocycles. The van der Waals surface area contributed by atoms with Crippen molar-refractivity contribution < 1.29 is 62.6 Å². The third-order valence-electron chi connectivity index (χ3n) is 15.9. The highest BCUT2D eigenvalue weighted by Gasteiger charge is 2.93. The minimum absolute atomic E-state index is 0.286. The first-order valence-electron chi connectivity index (χ1n) is 18.4. The molecule has 13 heteroatoms. The van der Waals surface area contributed by atoms with E-state index in [1.807, 2.05) is 27.7 Å². The molecule has 3 saturated heterocycles. The molecule has 9 rings (SSSR count). The number of epoxide rings is 2. The van der Waals surface area contributed by atoms with Crippen molar-refractivity contribution >= 4 is 29.7 Å². The van der Waals surface area contributed by atoms with E-state index in [1.54, 1.807) is 6.92 Å². The lowest BCUT2D eigenvalue weighted by Gasteiger charge is -2.65. The van der Waals surface area contributed by atoms with Crippen LogP contribution in [0.3, 0.4) is 0 Å². The summed E-state index contributed by atoms with van der Waals surface area (Å²) < 4.78 is 37.3. The quantitative estimate of drug-likeness (QED) is 0.245. The molecule has 0 radical (unpaired) electrons. The summed E-state index contributed by atoms with van der Waals surface area (Å²) in [6, 6.07) is 0. The third-order valence-corrected chi connectivity index (χ3v) is 15.9. The molecule has 20 atom stereocenters. The predicted octanol–water partition coefficient (Wildman–Crippen LogP) is 1.72. The smallest absolute Gasteiger partial charge is 0.341 e. The molecule has 13 nitrogen and oxygen atoms in total. The first-order chi connectivity index (χ1) is 23.3. The summed E-state index contributed by atoms with van der Waals surface area (Å²) in [6.45, 7) is 13.7. The van der Waals surface area contributed by atoms with Crippen LogP contribution in [0.2, 0.25) is 0 Å². The van der Waals surface area contributed by atoms with E-state index in [0.29, 0.717) is 19.3 Å². The van der Waals surface area contributed by atoms with Crippen LogP contribution in [-0.2, 0) is 52.4 Å². The molecule has 1 spiro atoms.